The number of morpholine rings is 1. The highest BCUT2D eigenvalue weighted by Crippen LogP contribution is 2.30. The number of benzene rings is 1. The molecule has 0 bridgehead atoms. The van der Waals surface area contributed by atoms with Gasteiger partial charge in [0.15, 0.2) is 5.65 Å². The van der Waals surface area contributed by atoms with E-state index in [4.69, 9.17) is 9.72 Å². The van der Waals surface area contributed by atoms with Crippen LogP contribution in [-0.4, -0.2) is 39.0 Å². The zero-order valence-corrected chi connectivity index (χ0v) is 18.1. The number of aryl methyl sites for hydroxylation is 1. The van der Waals surface area contributed by atoms with Gasteiger partial charge < -0.3 is 9.64 Å². The molecule has 1 atom stereocenters. The molecule has 3 aromatic heterocycles. The van der Waals surface area contributed by atoms with Crippen LogP contribution in [0.25, 0.3) is 16.9 Å². The van der Waals surface area contributed by atoms with E-state index < -0.39 is 11.6 Å². The van der Waals surface area contributed by atoms with Gasteiger partial charge in [-0.1, -0.05) is 0 Å². The van der Waals surface area contributed by atoms with Gasteiger partial charge in [0, 0.05) is 48.4 Å². The van der Waals surface area contributed by atoms with E-state index in [9.17, 15) is 13.6 Å². The zero-order valence-electron chi connectivity index (χ0n) is 18.1. The standard InChI is InChI=1S/C24H21F2N5O2/c1-14-15(2)28-23-22(18-4-3-17(25)11-19(18)26)29-21(13-31(23)24(14)32)30-9-10-33-20(12-30)16-5-7-27-8-6-16/h3-8,11,13,20H,9-10,12H2,1-2H3. The Morgan fingerprint density at radius 1 is 1.09 bits per heavy atom. The van der Waals surface area contributed by atoms with E-state index >= 15 is 0 Å². The van der Waals surface area contributed by atoms with Crippen LogP contribution in [0, 0.1) is 25.5 Å². The second-order valence-electron chi connectivity index (χ2n) is 7.98. The van der Waals surface area contributed by atoms with Gasteiger partial charge in [-0.3, -0.25) is 14.2 Å². The van der Waals surface area contributed by atoms with E-state index in [1.807, 2.05) is 17.0 Å². The molecule has 1 aliphatic heterocycles. The zero-order chi connectivity index (χ0) is 23.1. The van der Waals surface area contributed by atoms with Gasteiger partial charge in [0.25, 0.3) is 5.56 Å². The molecule has 4 aromatic rings. The first-order valence-electron chi connectivity index (χ1n) is 10.5. The number of halogens is 2. The summed E-state index contributed by atoms with van der Waals surface area (Å²) in [6.45, 7) is 4.90. The molecule has 0 saturated carbocycles. The fourth-order valence-electron chi connectivity index (χ4n) is 3.98. The van der Waals surface area contributed by atoms with Crippen LogP contribution in [0.2, 0.25) is 0 Å². The summed E-state index contributed by atoms with van der Waals surface area (Å²) in [6, 6.07) is 7.06. The van der Waals surface area contributed by atoms with Crippen molar-refractivity contribution in [2.24, 2.45) is 0 Å². The summed E-state index contributed by atoms with van der Waals surface area (Å²) in [6.07, 6.45) is 4.83. The number of aromatic nitrogens is 4. The molecule has 1 aliphatic rings. The molecule has 1 fully saturated rings. The molecule has 33 heavy (non-hydrogen) atoms. The molecule has 1 saturated heterocycles. The fraction of sp³-hybridized carbons (Fsp3) is 0.250. The minimum Gasteiger partial charge on any atom is -0.370 e. The van der Waals surface area contributed by atoms with Gasteiger partial charge in [-0.05, 0) is 43.7 Å². The topological polar surface area (TPSA) is 72.6 Å². The minimum atomic E-state index is -0.773. The number of ether oxygens (including phenoxy) is 1. The fourth-order valence-corrected chi connectivity index (χ4v) is 3.98. The van der Waals surface area contributed by atoms with Gasteiger partial charge in [-0.25, -0.2) is 18.7 Å². The van der Waals surface area contributed by atoms with Gasteiger partial charge >= 0.3 is 0 Å². The van der Waals surface area contributed by atoms with Crippen molar-refractivity contribution in [1.29, 1.82) is 0 Å². The molecule has 9 heteroatoms. The second-order valence-corrected chi connectivity index (χ2v) is 7.98. The van der Waals surface area contributed by atoms with Crippen LogP contribution in [-0.2, 0) is 4.74 Å². The van der Waals surface area contributed by atoms with Gasteiger partial charge in [-0.2, -0.15) is 0 Å². The van der Waals surface area contributed by atoms with Crippen LogP contribution in [0.15, 0.2) is 53.7 Å². The number of nitrogens with zero attached hydrogens (tertiary/aromatic N) is 5. The molecule has 1 unspecified atom stereocenters. The number of fused-ring (bicyclic) bond motifs is 1. The molecule has 7 nitrogen and oxygen atoms in total. The summed E-state index contributed by atoms with van der Waals surface area (Å²) >= 11 is 0. The Balaban J connectivity index is 1.68. The maximum Gasteiger partial charge on any atom is 0.261 e. The van der Waals surface area contributed by atoms with E-state index in [1.54, 1.807) is 32.4 Å². The molecule has 0 amide bonds. The smallest absolute Gasteiger partial charge is 0.261 e. The van der Waals surface area contributed by atoms with Crippen LogP contribution in [0.1, 0.15) is 22.9 Å². The van der Waals surface area contributed by atoms with E-state index in [-0.39, 0.29) is 28.6 Å². The third kappa shape index (κ3) is 3.84. The number of hydrogen-bond acceptors (Lipinski definition) is 6. The summed E-state index contributed by atoms with van der Waals surface area (Å²) in [4.78, 5) is 28.3. The second kappa shape index (κ2) is 8.32. The first-order chi connectivity index (χ1) is 15.9. The Bertz CT molecular complexity index is 1410. The van der Waals surface area contributed by atoms with Gasteiger partial charge in [-0.15, -0.1) is 0 Å². The van der Waals surface area contributed by atoms with E-state index in [0.29, 0.717) is 36.8 Å². The maximum absolute atomic E-state index is 14.8. The lowest BCUT2D eigenvalue weighted by Gasteiger charge is -2.34. The summed E-state index contributed by atoms with van der Waals surface area (Å²) in [5.41, 5.74) is 2.21. The molecule has 0 spiro atoms. The summed E-state index contributed by atoms with van der Waals surface area (Å²) in [5, 5.41) is 0. The van der Waals surface area contributed by atoms with Crippen molar-refractivity contribution in [3.05, 3.63) is 87.7 Å². The van der Waals surface area contributed by atoms with Crippen LogP contribution >= 0.6 is 0 Å². The molecule has 0 radical (unpaired) electrons. The predicted octanol–water partition coefficient (Wildman–Crippen LogP) is 3.62. The lowest BCUT2D eigenvalue weighted by atomic mass is 10.1. The molecular weight excluding hydrogens is 428 g/mol. The van der Waals surface area contributed by atoms with Crippen molar-refractivity contribution in [3.63, 3.8) is 0 Å². The molecule has 0 aliphatic carbocycles. The average molecular weight is 449 g/mol. The number of pyridine rings is 1. The highest BCUT2D eigenvalue weighted by atomic mass is 19.1. The highest BCUT2D eigenvalue weighted by Gasteiger charge is 2.25. The summed E-state index contributed by atoms with van der Waals surface area (Å²) < 4.78 is 35.7. The summed E-state index contributed by atoms with van der Waals surface area (Å²) in [5.74, 6) is -0.983. The molecular formula is C24H21F2N5O2. The third-order valence-corrected chi connectivity index (χ3v) is 5.92. The molecule has 5 rings (SSSR count). The van der Waals surface area contributed by atoms with Crippen molar-refractivity contribution in [1.82, 2.24) is 19.4 Å². The van der Waals surface area contributed by atoms with E-state index in [1.165, 1.54) is 10.5 Å². The Morgan fingerprint density at radius 3 is 2.64 bits per heavy atom. The van der Waals surface area contributed by atoms with Crippen LogP contribution in [0.5, 0.6) is 0 Å². The van der Waals surface area contributed by atoms with Crippen molar-refractivity contribution in [2.45, 2.75) is 20.0 Å². The number of hydrogen-bond donors (Lipinski definition) is 0. The van der Waals surface area contributed by atoms with Crippen LogP contribution in [0.3, 0.4) is 0 Å². The highest BCUT2D eigenvalue weighted by molar-refractivity contribution is 5.76. The molecule has 4 heterocycles. The Kier molecular flexibility index (Phi) is 5.33. The number of anilines is 1. The van der Waals surface area contributed by atoms with Gasteiger partial charge in [0.05, 0.1) is 12.8 Å². The van der Waals surface area contributed by atoms with Crippen molar-refractivity contribution in [3.8, 4) is 11.3 Å². The molecule has 168 valence electrons. The van der Waals surface area contributed by atoms with E-state index in [0.717, 1.165) is 17.7 Å². The van der Waals surface area contributed by atoms with Crippen molar-refractivity contribution in [2.75, 3.05) is 24.6 Å². The summed E-state index contributed by atoms with van der Waals surface area (Å²) in [7, 11) is 0. The molecule has 1 aromatic carbocycles. The van der Waals surface area contributed by atoms with Gasteiger partial charge in [0.2, 0.25) is 0 Å². The van der Waals surface area contributed by atoms with Crippen LogP contribution in [0.4, 0.5) is 14.6 Å². The lowest BCUT2D eigenvalue weighted by molar-refractivity contribution is 0.0394. The normalized spacial score (nSPS) is 16.4. The quantitative estimate of drug-likeness (QED) is 0.476. The van der Waals surface area contributed by atoms with E-state index in [2.05, 4.69) is 9.97 Å². The monoisotopic (exact) mass is 449 g/mol. The van der Waals surface area contributed by atoms with Crippen molar-refractivity contribution < 1.29 is 13.5 Å². The predicted molar refractivity (Wildman–Crippen MR) is 119 cm³/mol. The lowest BCUT2D eigenvalue weighted by Crippen LogP contribution is -2.39. The SMILES string of the molecule is Cc1nc2c(-c3ccc(F)cc3F)nc(N3CCOC(c4ccncc4)C3)cn2c(=O)c1C. The maximum atomic E-state index is 14.8. The van der Waals surface area contributed by atoms with Crippen molar-refractivity contribution >= 4 is 11.5 Å². The Labute approximate surface area is 188 Å². The van der Waals surface area contributed by atoms with Gasteiger partial charge in [0.1, 0.15) is 29.3 Å². The average Bonchev–Trinajstić information content (AvgIpc) is 2.83. The first-order valence-corrected chi connectivity index (χ1v) is 10.5. The Morgan fingerprint density at radius 2 is 1.88 bits per heavy atom. The Hall–Kier alpha value is -3.72. The minimum absolute atomic E-state index is 0.0739. The number of rotatable bonds is 3. The van der Waals surface area contributed by atoms with Crippen LogP contribution < -0.4 is 10.5 Å². The molecule has 0 N–H and O–H groups in total. The largest absolute Gasteiger partial charge is 0.370 e. The first kappa shape index (κ1) is 21.1. The third-order valence-electron chi connectivity index (χ3n) is 5.92.